The number of rotatable bonds is 2. The minimum absolute atomic E-state index is 0.0630. The number of hydrogen-bond donors (Lipinski definition) is 2. The number of hydrogen-bond acceptors (Lipinski definition) is 2. The van der Waals surface area contributed by atoms with Crippen molar-refractivity contribution in [2.45, 2.75) is 6.92 Å². The van der Waals surface area contributed by atoms with Crippen molar-refractivity contribution in [3.63, 3.8) is 0 Å². The van der Waals surface area contributed by atoms with Gasteiger partial charge in [-0.15, -0.1) is 4.59 Å². The maximum atomic E-state index is 14.4. The van der Waals surface area contributed by atoms with Gasteiger partial charge in [0.05, 0.1) is 16.3 Å². The Hall–Kier alpha value is -1.95. The SMILES string of the molecule is CC1=C(c2ccc(F)cc2Cl)C(=N)[N+](C)(c2c(F)cccc2Cl)N1. The zero-order valence-corrected chi connectivity index (χ0v) is 14.4. The summed E-state index contributed by atoms with van der Waals surface area (Å²) in [7, 11) is 1.63. The Labute approximate surface area is 148 Å². The van der Waals surface area contributed by atoms with E-state index < -0.39 is 11.6 Å². The molecule has 1 aliphatic heterocycles. The van der Waals surface area contributed by atoms with Gasteiger partial charge in [-0.05, 0) is 37.3 Å². The highest BCUT2D eigenvalue weighted by Crippen LogP contribution is 2.40. The molecule has 3 nitrogen and oxygen atoms in total. The molecule has 1 unspecified atom stereocenters. The van der Waals surface area contributed by atoms with Crippen LogP contribution >= 0.6 is 23.2 Å². The summed E-state index contributed by atoms with van der Waals surface area (Å²) in [6.45, 7) is 1.75. The molecule has 24 heavy (non-hydrogen) atoms. The van der Waals surface area contributed by atoms with Crippen LogP contribution in [-0.4, -0.2) is 12.9 Å². The van der Waals surface area contributed by atoms with Gasteiger partial charge in [0.25, 0.3) is 5.84 Å². The van der Waals surface area contributed by atoms with Crippen LogP contribution in [0.5, 0.6) is 0 Å². The average molecular weight is 369 g/mol. The van der Waals surface area contributed by atoms with E-state index in [9.17, 15) is 8.78 Å². The van der Waals surface area contributed by atoms with E-state index in [4.69, 9.17) is 28.6 Å². The normalized spacial score (nSPS) is 20.5. The second-order valence-corrected chi connectivity index (χ2v) is 6.48. The first-order valence-corrected chi connectivity index (χ1v) is 7.86. The Morgan fingerprint density at radius 1 is 1.08 bits per heavy atom. The summed E-state index contributed by atoms with van der Waals surface area (Å²) >= 11 is 12.3. The van der Waals surface area contributed by atoms with E-state index in [0.29, 0.717) is 16.8 Å². The Morgan fingerprint density at radius 2 is 1.79 bits per heavy atom. The third-order valence-electron chi connectivity index (χ3n) is 4.04. The Morgan fingerprint density at radius 3 is 2.42 bits per heavy atom. The van der Waals surface area contributed by atoms with Crippen LogP contribution < -0.4 is 10.0 Å². The van der Waals surface area contributed by atoms with Crippen molar-refractivity contribution in [2.24, 2.45) is 0 Å². The van der Waals surface area contributed by atoms with Gasteiger partial charge in [-0.2, -0.15) is 0 Å². The predicted octanol–water partition coefficient (Wildman–Crippen LogP) is 5.14. The lowest BCUT2D eigenvalue weighted by Gasteiger charge is -2.29. The molecule has 0 saturated carbocycles. The van der Waals surface area contributed by atoms with Crippen molar-refractivity contribution >= 4 is 40.3 Å². The van der Waals surface area contributed by atoms with Crippen LogP contribution in [0.25, 0.3) is 5.57 Å². The molecule has 2 aromatic rings. The Bertz CT molecular complexity index is 875. The van der Waals surface area contributed by atoms with Gasteiger partial charge in [-0.1, -0.05) is 29.3 Å². The number of nitrogens with zero attached hydrogens (tertiary/aromatic N) is 1. The molecule has 0 amide bonds. The molecule has 1 heterocycles. The first kappa shape index (κ1) is 16.9. The van der Waals surface area contributed by atoms with Crippen LogP contribution in [0.1, 0.15) is 12.5 Å². The molecule has 2 aromatic carbocycles. The molecule has 3 rings (SSSR count). The maximum Gasteiger partial charge on any atom is 0.260 e. The molecule has 1 aliphatic rings. The van der Waals surface area contributed by atoms with Crippen molar-refractivity contribution in [3.8, 4) is 0 Å². The number of nitrogens with one attached hydrogen (secondary N) is 2. The lowest BCUT2D eigenvalue weighted by Crippen LogP contribution is -2.55. The van der Waals surface area contributed by atoms with Gasteiger partial charge in [0.1, 0.15) is 17.9 Å². The van der Waals surface area contributed by atoms with E-state index in [1.165, 1.54) is 30.3 Å². The fourth-order valence-corrected chi connectivity index (χ4v) is 3.55. The summed E-state index contributed by atoms with van der Waals surface area (Å²) in [5.74, 6) is -0.927. The number of para-hydroxylation sites is 1. The number of benzene rings is 2. The largest absolute Gasteiger partial charge is 0.260 e. The summed E-state index contributed by atoms with van der Waals surface area (Å²) in [4.78, 5) is 0. The van der Waals surface area contributed by atoms with Crippen molar-refractivity contribution in [1.29, 1.82) is 5.41 Å². The summed E-state index contributed by atoms with van der Waals surface area (Å²) in [6, 6.07) is 8.32. The van der Waals surface area contributed by atoms with E-state index >= 15 is 0 Å². The summed E-state index contributed by atoms with van der Waals surface area (Å²) < 4.78 is 27.3. The molecule has 0 fully saturated rings. The summed E-state index contributed by atoms with van der Waals surface area (Å²) in [5, 5.41) is 8.97. The molecule has 1 atom stereocenters. The van der Waals surface area contributed by atoms with Crippen LogP contribution in [0.3, 0.4) is 0 Å². The van der Waals surface area contributed by atoms with Crippen LogP contribution in [0.4, 0.5) is 14.5 Å². The van der Waals surface area contributed by atoms with Gasteiger partial charge in [0, 0.05) is 5.56 Å². The van der Waals surface area contributed by atoms with Crippen LogP contribution in [0, 0.1) is 17.0 Å². The van der Waals surface area contributed by atoms with Crippen LogP contribution in [0.15, 0.2) is 42.1 Å². The van der Waals surface area contributed by atoms with Gasteiger partial charge in [-0.25, -0.2) is 19.6 Å². The van der Waals surface area contributed by atoms with Gasteiger partial charge in [0.15, 0.2) is 5.82 Å². The van der Waals surface area contributed by atoms with Crippen molar-refractivity contribution in [1.82, 2.24) is 10.0 Å². The molecule has 7 heteroatoms. The molecule has 0 spiro atoms. The van der Waals surface area contributed by atoms with Gasteiger partial charge in [0.2, 0.25) is 5.69 Å². The highest BCUT2D eigenvalue weighted by Gasteiger charge is 2.45. The number of quaternary nitrogens is 1. The molecular formula is C17H14Cl2F2N3+. The van der Waals surface area contributed by atoms with Gasteiger partial charge in [-0.3, -0.25) is 0 Å². The maximum absolute atomic E-state index is 14.4. The standard InChI is InChI=1S/C17H14Cl2F2N3/c1-9-15(11-7-6-10(20)8-13(11)19)17(22)24(2,23-9)16-12(18)4-3-5-14(16)21/h3-8,22-23H,1-2H3/q+1. The molecule has 0 bridgehead atoms. The number of allylic oxidation sites excluding steroid dienone is 1. The quantitative estimate of drug-likeness (QED) is 0.707. The molecule has 0 aromatic heterocycles. The van der Waals surface area contributed by atoms with Crippen LogP contribution in [0.2, 0.25) is 10.0 Å². The van der Waals surface area contributed by atoms with Crippen molar-refractivity contribution in [2.75, 3.05) is 7.05 Å². The fraction of sp³-hybridized carbons (Fsp3) is 0.118. The third-order valence-corrected chi connectivity index (χ3v) is 4.65. The smallest absolute Gasteiger partial charge is 0.248 e. The Balaban J connectivity index is 2.14. The van der Waals surface area contributed by atoms with Crippen molar-refractivity contribution < 1.29 is 8.78 Å². The molecular weight excluding hydrogens is 355 g/mol. The van der Waals surface area contributed by atoms with Crippen molar-refractivity contribution in [3.05, 3.63) is 69.3 Å². The second kappa shape index (κ2) is 5.84. The second-order valence-electron chi connectivity index (χ2n) is 5.66. The lowest BCUT2D eigenvalue weighted by molar-refractivity contribution is 0.404. The molecule has 0 aliphatic carbocycles. The molecule has 0 radical (unpaired) electrons. The summed E-state index contributed by atoms with van der Waals surface area (Å²) in [5.41, 5.74) is 4.83. The first-order chi connectivity index (χ1) is 11.3. The molecule has 2 N–H and O–H groups in total. The Kier molecular flexibility index (Phi) is 4.11. The van der Waals surface area contributed by atoms with E-state index in [-0.39, 0.29) is 26.2 Å². The van der Waals surface area contributed by atoms with Gasteiger partial charge >= 0.3 is 0 Å². The molecule has 0 saturated heterocycles. The van der Waals surface area contributed by atoms with E-state index in [2.05, 4.69) is 5.43 Å². The zero-order chi connectivity index (χ0) is 17.6. The monoisotopic (exact) mass is 368 g/mol. The number of likely N-dealkylation sites (N-methyl/N-ethyl adjacent to an activating group) is 1. The van der Waals surface area contributed by atoms with E-state index in [1.807, 2.05) is 0 Å². The average Bonchev–Trinajstić information content (AvgIpc) is 2.70. The zero-order valence-electron chi connectivity index (χ0n) is 12.9. The minimum atomic E-state index is -0.526. The lowest BCUT2D eigenvalue weighted by atomic mass is 10.0. The van der Waals surface area contributed by atoms with Gasteiger partial charge < -0.3 is 0 Å². The minimum Gasteiger partial charge on any atom is -0.248 e. The predicted molar refractivity (Wildman–Crippen MR) is 94.0 cm³/mol. The fourth-order valence-electron chi connectivity index (χ4n) is 2.95. The number of amidine groups is 1. The highest BCUT2D eigenvalue weighted by atomic mass is 35.5. The summed E-state index contributed by atoms with van der Waals surface area (Å²) in [6.07, 6.45) is 0. The molecule has 124 valence electrons. The topological polar surface area (TPSA) is 35.9 Å². The third kappa shape index (κ3) is 2.49. The highest BCUT2D eigenvalue weighted by molar-refractivity contribution is 6.38. The number of halogens is 4. The van der Waals surface area contributed by atoms with E-state index in [0.717, 1.165) is 0 Å². The van der Waals surface area contributed by atoms with Crippen LogP contribution in [-0.2, 0) is 0 Å². The van der Waals surface area contributed by atoms with E-state index in [1.54, 1.807) is 20.0 Å². The first-order valence-electron chi connectivity index (χ1n) is 7.11.